The van der Waals surface area contributed by atoms with Crippen LogP contribution in [0.1, 0.15) is 34.3 Å². The summed E-state index contributed by atoms with van der Waals surface area (Å²) in [6.45, 7) is 4.18. The standard InChI is InChI=1S/C18H20N2O/c1-12-6-5-9-16(13(12)2)20-17-8-4-3-7-15(17)18(21)19-14-10-11-14/h3-9,14,20H,10-11H2,1-2H3,(H,19,21). The van der Waals surface area contributed by atoms with Gasteiger partial charge in [-0.05, 0) is 56.0 Å². The van der Waals surface area contributed by atoms with Crippen LogP contribution >= 0.6 is 0 Å². The Balaban J connectivity index is 1.87. The van der Waals surface area contributed by atoms with E-state index in [1.807, 2.05) is 36.4 Å². The number of carbonyl (C=O) groups excluding carboxylic acids is 1. The number of para-hydroxylation sites is 1. The fraction of sp³-hybridized carbons (Fsp3) is 0.278. The van der Waals surface area contributed by atoms with E-state index in [2.05, 4.69) is 30.5 Å². The second-order valence-electron chi connectivity index (χ2n) is 5.67. The average Bonchev–Trinajstić information content (AvgIpc) is 3.28. The fourth-order valence-electron chi connectivity index (χ4n) is 2.31. The predicted molar refractivity (Wildman–Crippen MR) is 86.1 cm³/mol. The molecule has 0 aromatic heterocycles. The molecule has 1 aliphatic rings. The van der Waals surface area contributed by atoms with Crippen LogP contribution in [0.5, 0.6) is 0 Å². The first kappa shape index (κ1) is 13.7. The van der Waals surface area contributed by atoms with Gasteiger partial charge in [0.15, 0.2) is 0 Å². The van der Waals surface area contributed by atoms with E-state index >= 15 is 0 Å². The highest BCUT2D eigenvalue weighted by atomic mass is 16.1. The molecule has 1 amide bonds. The van der Waals surface area contributed by atoms with Crippen LogP contribution in [0.3, 0.4) is 0 Å². The molecule has 3 heteroatoms. The van der Waals surface area contributed by atoms with Gasteiger partial charge in [0.1, 0.15) is 0 Å². The third-order valence-corrected chi connectivity index (χ3v) is 3.96. The lowest BCUT2D eigenvalue weighted by Crippen LogP contribution is -2.26. The molecule has 108 valence electrons. The number of aryl methyl sites for hydroxylation is 1. The highest BCUT2D eigenvalue weighted by molar-refractivity contribution is 6.00. The normalized spacial score (nSPS) is 13.8. The maximum atomic E-state index is 12.3. The summed E-state index contributed by atoms with van der Waals surface area (Å²) in [6, 6.07) is 14.2. The predicted octanol–water partition coefficient (Wildman–Crippen LogP) is 3.94. The SMILES string of the molecule is Cc1cccc(Nc2ccccc2C(=O)NC2CC2)c1C. The molecule has 0 unspecified atom stereocenters. The number of carbonyl (C=O) groups is 1. The Labute approximate surface area is 125 Å². The molecule has 21 heavy (non-hydrogen) atoms. The smallest absolute Gasteiger partial charge is 0.253 e. The largest absolute Gasteiger partial charge is 0.355 e. The van der Waals surface area contributed by atoms with Crippen molar-refractivity contribution >= 4 is 17.3 Å². The highest BCUT2D eigenvalue weighted by Crippen LogP contribution is 2.26. The lowest BCUT2D eigenvalue weighted by Gasteiger charge is -2.14. The molecule has 1 fully saturated rings. The van der Waals surface area contributed by atoms with Gasteiger partial charge in [0.2, 0.25) is 0 Å². The lowest BCUT2D eigenvalue weighted by molar-refractivity contribution is 0.0952. The third-order valence-electron chi connectivity index (χ3n) is 3.96. The van der Waals surface area contributed by atoms with Gasteiger partial charge in [-0.1, -0.05) is 24.3 Å². The van der Waals surface area contributed by atoms with Gasteiger partial charge in [0.05, 0.1) is 11.3 Å². The van der Waals surface area contributed by atoms with E-state index in [0.29, 0.717) is 11.6 Å². The summed E-state index contributed by atoms with van der Waals surface area (Å²) in [5.74, 6) is 0.00547. The molecular weight excluding hydrogens is 260 g/mol. The van der Waals surface area contributed by atoms with E-state index in [4.69, 9.17) is 0 Å². The number of hydrogen-bond donors (Lipinski definition) is 2. The molecule has 0 aliphatic heterocycles. The van der Waals surface area contributed by atoms with Gasteiger partial charge in [-0.15, -0.1) is 0 Å². The van der Waals surface area contributed by atoms with Crippen LogP contribution in [-0.2, 0) is 0 Å². The van der Waals surface area contributed by atoms with Crippen molar-refractivity contribution in [1.82, 2.24) is 5.32 Å². The van der Waals surface area contributed by atoms with Gasteiger partial charge in [-0.2, -0.15) is 0 Å². The Hall–Kier alpha value is -2.29. The molecule has 1 aliphatic carbocycles. The molecule has 0 radical (unpaired) electrons. The molecule has 2 aromatic carbocycles. The van der Waals surface area contributed by atoms with Crippen molar-refractivity contribution in [2.45, 2.75) is 32.7 Å². The van der Waals surface area contributed by atoms with Gasteiger partial charge in [-0.25, -0.2) is 0 Å². The molecular formula is C18H20N2O. The van der Waals surface area contributed by atoms with Crippen LogP contribution in [0.4, 0.5) is 11.4 Å². The van der Waals surface area contributed by atoms with E-state index in [-0.39, 0.29) is 5.91 Å². The van der Waals surface area contributed by atoms with E-state index in [9.17, 15) is 4.79 Å². The van der Waals surface area contributed by atoms with Crippen LogP contribution in [0.2, 0.25) is 0 Å². The van der Waals surface area contributed by atoms with Crippen LogP contribution in [0.25, 0.3) is 0 Å². The van der Waals surface area contributed by atoms with Crippen molar-refractivity contribution in [3.05, 3.63) is 59.2 Å². The zero-order valence-electron chi connectivity index (χ0n) is 12.4. The van der Waals surface area contributed by atoms with Gasteiger partial charge >= 0.3 is 0 Å². The maximum Gasteiger partial charge on any atom is 0.253 e. The van der Waals surface area contributed by atoms with Crippen molar-refractivity contribution in [3.8, 4) is 0 Å². The molecule has 0 heterocycles. The second kappa shape index (κ2) is 5.60. The quantitative estimate of drug-likeness (QED) is 0.890. The van der Waals surface area contributed by atoms with Crippen LogP contribution < -0.4 is 10.6 Å². The molecule has 0 saturated heterocycles. The van der Waals surface area contributed by atoms with Crippen LogP contribution in [-0.4, -0.2) is 11.9 Å². The third kappa shape index (κ3) is 3.07. The molecule has 2 N–H and O–H groups in total. The van der Waals surface area contributed by atoms with Crippen molar-refractivity contribution < 1.29 is 4.79 Å². The molecule has 3 rings (SSSR count). The second-order valence-corrected chi connectivity index (χ2v) is 5.67. The Morgan fingerprint density at radius 2 is 1.71 bits per heavy atom. The molecule has 0 spiro atoms. The minimum absolute atomic E-state index is 0.00547. The fourth-order valence-corrected chi connectivity index (χ4v) is 2.31. The first-order valence-electron chi connectivity index (χ1n) is 7.38. The van der Waals surface area contributed by atoms with Crippen LogP contribution in [0.15, 0.2) is 42.5 Å². The van der Waals surface area contributed by atoms with Gasteiger partial charge in [-0.3, -0.25) is 4.79 Å². The zero-order chi connectivity index (χ0) is 14.8. The Kier molecular flexibility index (Phi) is 3.65. The number of anilines is 2. The monoisotopic (exact) mass is 280 g/mol. The van der Waals surface area contributed by atoms with Gasteiger partial charge in [0, 0.05) is 11.7 Å². The van der Waals surface area contributed by atoms with E-state index < -0.39 is 0 Å². The van der Waals surface area contributed by atoms with E-state index in [1.165, 1.54) is 11.1 Å². The summed E-state index contributed by atoms with van der Waals surface area (Å²) in [5, 5.41) is 6.44. The summed E-state index contributed by atoms with van der Waals surface area (Å²) < 4.78 is 0. The Bertz CT molecular complexity index is 675. The summed E-state index contributed by atoms with van der Waals surface area (Å²) in [7, 11) is 0. The maximum absolute atomic E-state index is 12.3. The van der Waals surface area contributed by atoms with Crippen molar-refractivity contribution in [2.24, 2.45) is 0 Å². The molecule has 0 bridgehead atoms. The van der Waals surface area contributed by atoms with Gasteiger partial charge < -0.3 is 10.6 Å². The average molecular weight is 280 g/mol. The van der Waals surface area contributed by atoms with Crippen molar-refractivity contribution in [2.75, 3.05) is 5.32 Å². The van der Waals surface area contributed by atoms with Gasteiger partial charge in [0.25, 0.3) is 5.91 Å². The van der Waals surface area contributed by atoms with E-state index in [1.54, 1.807) is 0 Å². The van der Waals surface area contributed by atoms with E-state index in [0.717, 1.165) is 24.2 Å². The summed E-state index contributed by atoms with van der Waals surface area (Å²) in [4.78, 5) is 12.3. The number of nitrogens with one attached hydrogen (secondary N) is 2. The van der Waals surface area contributed by atoms with Crippen molar-refractivity contribution in [3.63, 3.8) is 0 Å². The molecule has 3 nitrogen and oxygen atoms in total. The molecule has 0 atom stereocenters. The number of amides is 1. The Morgan fingerprint density at radius 3 is 2.48 bits per heavy atom. The number of rotatable bonds is 4. The highest BCUT2D eigenvalue weighted by Gasteiger charge is 2.24. The Morgan fingerprint density at radius 1 is 1.00 bits per heavy atom. The topological polar surface area (TPSA) is 41.1 Å². The minimum Gasteiger partial charge on any atom is -0.355 e. The summed E-state index contributed by atoms with van der Waals surface area (Å²) >= 11 is 0. The zero-order valence-corrected chi connectivity index (χ0v) is 12.4. The lowest BCUT2D eigenvalue weighted by atomic mass is 10.1. The summed E-state index contributed by atoms with van der Waals surface area (Å²) in [6.07, 6.45) is 2.19. The molecule has 2 aromatic rings. The van der Waals surface area contributed by atoms with Crippen molar-refractivity contribution in [1.29, 1.82) is 0 Å². The number of hydrogen-bond acceptors (Lipinski definition) is 2. The summed E-state index contributed by atoms with van der Waals surface area (Å²) in [5.41, 5.74) is 5.03. The minimum atomic E-state index is 0.00547. The van der Waals surface area contributed by atoms with Crippen LogP contribution in [0, 0.1) is 13.8 Å². The molecule has 1 saturated carbocycles. The first-order chi connectivity index (χ1) is 10.1. The first-order valence-corrected chi connectivity index (χ1v) is 7.38. The number of benzene rings is 2.